The van der Waals surface area contributed by atoms with Gasteiger partial charge < -0.3 is 19.5 Å². The average molecular weight is 628 g/mol. The molecule has 2 aliphatic rings. The molecular weight excluding hydrogens is 574 g/mol. The van der Waals surface area contributed by atoms with Crippen molar-refractivity contribution < 1.29 is 19.4 Å². The van der Waals surface area contributed by atoms with E-state index in [1.807, 2.05) is 33.8 Å². The second-order valence-corrected chi connectivity index (χ2v) is 15.3. The Labute approximate surface area is 275 Å². The van der Waals surface area contributed by atoms with Crippen molar-refractivity contribution in [1.29, 1.82) is 0 Å². The predicted molar refractivity (Wildman–Crippen MR) is 186 cm³/mol. The second-order valence-electron chi connectivity index (χ2n) is 15.3. The summed E-state index contributed by atoms with van der Waals surface area (Å²) in [6.07, 6.45) is 2.06. The van der Waals surface area contributed by atoms with Gasteiger partial charge >= 0.3 is 5.97 Å². The summed E-state index contributed by atoms with van der Waals surface area (Å²) in [6, 6.07) is 15.2. The first-order chi connectivity index (χ1) is 21.6. The molecule has 0 amide bonds. The average Bonchev–Trinajstić information content (AvgIpc) is 2.95. The van der Waals surface area contributed by atoms with Gasteiger partial charge in [-0.3, -0.25) is 9.88 Å². The molecule has 0 bridgehead atoms. The molecule has 46 heavy (non-hydrogen) atoms. The van der Waals surface area contributed by atoms with Crippen LogP contribution in [0.4, 0.5) is 5.69 Å². The lowest BCUT2D eigenvalue weighted by Crippen LogP contribution is -2.39. The summed E-state index contributed by atoms with van der Waals surface area (Å²) in [5.41, 5.74) is 8.95. The quantitative estimate of drug-likeness (QED) is 0.256. The van der Waals surface area contributed by atoms with Gasteiger partial charge in [-0.25, -0.2) is 4.79 Å². The Morgan fingerprint density at radius 2 is 1.72 bits per heavy atom. The Morgan fingerprint density at radius 1 is 1.00 bits per heavy atom. The molecular formula is C39H53N3O4. The molecule has 248 valence electrons. The molecule has 7 nitrogen and oxygen atoms in total. The number of nitrogens with zero attached hydrogens (tertiary/aromatic N) is 3. The summed E-state index contributed by atoms with van der Waals surface area (Å²) >= 11 is 0. The van der Waals surface area contributed by atoms with Crippen LogP contribution in [0.5, 0.6) is 5.75 Å². The zero-order chi connectivity index (χ0) is 33.4. The molecule has 1 atom stereocenters. The first-order valence-electron chi connectivity index (χ1n) is 16.9. The largest absolute Gasteiger partial charge is 0.491 e. The van der Waals surface area contributed by atoms with Crippen LogP contribution in [0.1, 0.15) is 101 Å². The maximum absolute atomic E-state index is 12.8. The van der Waals surface area contributed by atoms with Gasteiger partial charge in [-0.1, -0.05) is 44.2 Å². The number of carboxylic acids is 1. The smallest absolute Gasteiger partial charge is 0.337 e. The highest BCUT2D eigenvalue weighted by Gasteiger charge is 2.36. The van der Waals surface area contributed by atoms with E-state index in [1.54, 1.807) is 0 Å². The Hall–Kier alpha value is -3.42. The monoisotopic (exact) mass is 627 g/mol. The van der Waals surface area contributed by atoms with Crippen LogP contribution in [0.3, 0.4) is 0 Å². The van der Waals surface area contributed by atoms with Crippen LogP contribution in [0.2, 0.25) is 0 Å². The molecule has 1 saturated heterocycles. The number of piperidine rings is 1. The third kappa shape index (κ3) is 7.92. The van der Waals surface area contributed by atoms with Crippen molar-refractivity contribution >= 4 is 11.7 Å². The molecule has 0 spiro atoms. The minimum Gasteiger partial charge on any atom is -0.491 e. The number of aliphatic carboxylic acids is 1. The fourth-order valence-corrected chi connectivity index (χ4v) is 6.90. The highest BCUT2D eigenvalue weighted by molar-refractivity contribution is 5.88. The fourth-order valence-electron chi connectivity index (χ4n) is 6.90. The zero-order valence-corrected chi connectivity index (χ0v) is 29.4. The van der Waals surface area contributed by atoms with Crippen LogP contribution in [0.25, 0.3) is 11.1 Å². The number of benzene rings is 2. The topological polar surface area (TPSA) is 75.1 Å². The van der Waals surface area contributed by atoms with Crippen LogP contribution in [0, 0.1) is 19.3 Å². The molecule has 3 aromatic rings. The minimum absolute atomic E-state index is 0.151. The van der Waals surface area contributed by atoms with Gasteiger partial charge in [0.2, 0.25) is 0 Å². The molecule has 0 aliphatic carbocycles. The number of anilines is 1. The van der Waals surface area contributed by atoms with Gasteiger partial charge in [-0.2, -0.15) is 0 Å². The number of hydrogen-bond acceptors (Lipinski definition) is 6. The number of hydrogen-bond donors (Lipinski definition) is 1. The standard InChI is InChI=1S/C39H53N3O4/c1-25(2)45-32-12-10-11-28(21-32)23-41-18-15-29-22-30(13-14-31(29)24-41)33-26(3)40-27(4)34(36(37(43)44)46-38(5,6)7)35(33)42-19-16-39(8,9)17-20-42/h10-14,21-22,25,36H,15-20,23-24H2,1-9H3,(H,43,44). The van der Waals surface area contributed by atoms with Crippen LogP contribution >= 0.6 is 0 Å². The number of pyridine rings is 1. The lowest BCUT2D eigenvalue weighted by atomic mass is 9.81. The third-order valence-electron chi connectivity index (χ3n) is 9.23. The minimum atomic E-state index is -1.12. The van der Waals surface area contributed by atoms with Crippen LogP contribution in [-0.2, 0) is 29.0 Å². The van der Waals surface area contributed by atoms with E-state index in [4.69, 9.17) is 14.5 Å². The van der Waals surface area contributed by atoms with E-state index in [-0.39, 0.29) is 11.5 Å². The molecule has 1 N–H and O–H groups in total. The van der Waals surface area contributed by atoms with Crippen molar-refractivity contribution in [3.63, 3.8) is 0 Å². The number of carbonyl (C=O) groups is 1. The number of ether oxygens (including phenoxy) is 2. The van der Waals surface area contributed by atoms with E-state index in [0.29, 0.717) is 11.3 Å². The highest BCUT2D eigenvalue weighted by Crippen LogP contribution is 2.45. The molecule has 2 aliphatic heterocycles. The molecule has 1 unspecified atom stereocenters. The SMILES string of the molecule is Cc1nc(C)c(C(OC(C)(C)C)C(=O)O)c(N2CCC(C)(C)CC2)c1-c1ccc2c(c1)CCN(Cc1cccc(OC(C)C)c1)C2. The Morgan fingerprint density at radius 3 is 2.37 bits per heavy atom. The molecule has 5 rings (SSSR count). The summed E-state index contributed by atoms with van der Waals surface area (Å²) < 4.78 is 12.2. The van der Waals surface area contributed by atoms with E-state index >= 15 is 0 Å². The van der Waals surface area contributed by atoms with E-state index in [9.17, 15) is 9.90 Å². The summed E-state index contributed by atoms with van der Waals surface area (Å²) in [6.45, 7) is 22.9. The lowest BCUT2D eigenvalue weighted by molar-refractivity contribution is -0.160. The fraction of sp³-hybridized carbons (Fsp3) is 0.538. The van der Waals surface area contributed by atoms with Crippen LogP contribution in [-0.4, -0.2) is 52.3 Å². The van der Waals surface area contributed by atoms with Gasteiger partial charge in [0.25, 0.3) is 0 Å². The van der Waals surface area contributed by atoms with Gasteiger partial charge in [-0.15, -0.1) is 0 Å². The van der Waals surface area contributed by atoms with Gasteiger partial charge in [0.15, 0.2) is 6.10 Å². The Balaban J connectivity index is 1.52. The number of carboxylic acid groups (broad SMARTS) is 1. The van der Waals surface area contributed by atoms with Gasteiger partial charge in [0.1, 0.15) is 5.75 Å². The zero-order valence-electron chi connectivity index (χ0n) is 29.4. The molecule has 7 heteroatoms. The molecule has 2 aromatic carbocycles. The van der Waals surface area contributed by atoms with Crippen molar-refractivity contribution in [2.75, 3.05) is 24.5 Å². The lowest BCUT2D eigenvalue weighted by Gasteiger charge is -2.41. The van der Waals surface area contributed by atoms with Crippen molar-refractivity contribution in [3.8, 4) is 16.9 Å². The van der Waals surface area contributed by atoms with E-state index < -0.39 is 17.7 Å². The Kier molecular flexibility index (Phi) is 9.86. The first-order valence-corrected chi connectivity index (χ1v) is 16.9. The summed E-state index contributed by atoms with van der Waals surface area (Å²) in [4.78, 5) is 22.7. The van der Waals surface area contributed by atoms with E-state index in [2.05, 4.69) is 80.8 Å². The molecule has 0 radical (unpaired) electrons. The third-order valence-corrected chi connectivity index (χ3v) is 9.23. The van der Waals surface area contributed by atoms with Crippen molar-refractivity contribution in [2.45, 2.75) is 112 Å². The maximum atomic E-state index is 12.8. The van der Waals surface area contributed by atoms with Crippen LogP contribution < -0.4 is 9.64 Å². The van der Waals surface area contributed by atoms with E-state index in [0.717, 1.165) is 80.2 Å². The highest BCUT2D eigenvalue weighted by atomic mass is 16.5. The first kappa shape index (κ1) is 33.9. The molecule has 1 fully saturated rings. The van der Waals surface area contributed by atoms with Gasteiger partial charge in [-0.05, 0) is 108 Å². The number of aromatic nitrogens is 1. The predicted octanol–water partition coefficient (Wildman–Crippen LogP) is 8.28. The maximum Gasteiger partial charge on any atom is 0.337 e. The number of rotatable bonds is 9. The van der Waals surface area contributed by atoms with Crippen molar-refractivity contribution in [3.05, 3.63) is 76.1 Å². The number of fused-ring (bicyclic) bond motifs is 1. The Bertz CT molecular complexity index is 1560. The summed E-state index contributed by atoms with van der Waals surface area (Å²) in [5, 5.41) is 10.5. The molecule has 1 aromatic heterocycles. The summed E-state index contributed by atoms with van der Waals surface area (Å²) in [5.74, 6) is -0.0674. The molecule has 3 heterocycles. The second kappa shape index (κ2) is 13.4. The van der Waals surface area contributed by atoms with Gasteiger partial charge in [0.05, 0.1) is 17.4 Å². The normalized spacial score (nSPS) is 17.6. The van der Waals surface area contributed by atoms with E-state index in [1.165, 1.54) is 16.7 Å². The van der Waals surface area contributed by atoms with Gasteiger partial charge in [0, 0.05) is 55.2 Å². The molecule has 0 saturated carbocycles. The number of aryl methyl sites for hydroxylation is 2. The van der Waals surface area contributed by atoms with Crippen molar-refractivity contribution in [1.82, 2.24) is 9.88 Å². The summed E-state index contributed by atoms with van der Waals surface area (Å²) in [7, 11) is 0. The van der Waals surface area contributed by atoms with Crippen molar-refractivity contribution in [2.24, 2.45) is 5.41 Å². The van der Waals surface area contributed by atoms with Crippen LogP contribution in [0.15, 0.2) is 42.5 Å².